The van der Waals surface area contributed by atoms with Crippen LogP contribution in [0.15, 0.2) is 23.1 Å². The average Bonchev–Trinajstić information content (AvgIpc) is 2.44. The molecule has 0 amide bonds. The van der Waals surface area contributed by atoms with E-state index in [9.17, 15) is 12.8 Å². The largest absolute Gasteiger partial charge is 0.396 e. The van der Waals surface area contributed by atoms with Crippen molar-refractivity contribution in [3.05, 3.63) is 24.0 Å². The number of sulfone groups is 1. The zero-order valence-electron chi connectivity index (χ0n) is 12.8. The minimum absolute atomic E-state index is 0.0251. The molecule has 0 spiro atoms. The van der Waals surface area contributed by atoms with E-state index in [1.54, 1.807) is 0 Å². The topological polar surface area (TPSA) is 60.2 Å². The number of hydrogen-bond donors (Lipinski definition) is 1. The summed E-state index contributed by atoms with van der Waals surface area (Å²) in [5.41, 5.74) is 5.32. The van der Waals surface area contributed by atoms with Crippen LogP contribution in [0.3, 0.4) is 0 Å². The van der Waals surface area contributed by atoms with Crippen molar-refractivity contribution in [3.63, 3.8) is 0 Å². The smallest absolute Gasteiger partial charge is 0.178 e. The molecule has 3 nitrogen and oxygen atoms in total. The van der Waals surface area contributed by atoms with Gasteiger partial charge in [0, 0.05) is 0 Å². The summed E-state index contributed by atoms with van der Waals surface area (Å²) in [5.74, 6) is -0.599. The van der Waals surface area contributed by atoms with Crippen LogP contribution in [-0.2, 0) is 9.84 Å². The van der Waals surface area contributed by atoms with Crippen molar-refractivity contribution in [2.75, 3.05) is 11.5 Å². The van der Waals surface area contributed by atoms with Crippen LogP contribution in [0.5, 0.6) is 0 Å². The monoisotopic (exact) mass is 315 g/mol. The fourth-order valence-corrected chi connectivity index (χ4v) is 3.62. The van der Waals surface area contributed by atoms with E-state index in [2.05, 4.69) is 6.92 Å². The van der Waals surface area contributed by atoms with Gasteiger partial charge in [0.15, 0.2) is 9.84 Å². The zero-order chi connectivity index (χ0) is 15.7. The maximum absolute atomic E-state index is 13.3. The van der Waals surface area contributed by atoms with Crippen LogP contribution in [-0.4, -0.2) is 14.2 Å². The first-order chi connectivity index (χ1) is 9.97. The minimum Gasteiger partial charge on any atom is -0.396 e. The van der Waals surface area contributed by atoms with Crippen molar-refractivity contribution in [1.82, 2.24) is 0 Å². The summed E-state index contributed by atoms with van der Waals surface area (Å²) < 4.78 is 37.4. The highest BCUT2D eigenvalue weighted by Crippen LogP contribution is 2.19. The fraction of sp³-hybridized carbons (Fsp3) is 0.625. The van der Waals surface area contributed by atoms with Gasteiger partial charge in [-0.25, -0.2) is 12.8 Å². The van der Waals surface area contributed by atoms with Gasteiger partial charge in [-0.1, -0.05) is 51.9 Å². The molecule has 21 heavy (non-hydrogen) atoms. The van der Waals surface area contributed by atoms with Crippen LogP contribution >= 0.6 is 0 Å². The number of rotatable bonds is 10. The molecule has 120 valence electrons. The Balaban J connectivity index is 2.31. The second-order valence-corrected chi connectivity index (χ2v) is 7.59. The van der Waals surface area contributed by atoms with Crippen molar-refractivity contribution in [2.45, 2.75) is 63.2 Å². The van der Waals surface area contributed by atoms with Gasteiger partial charge in [-0.2, -0.15) is 0 Å². The quantitative estimate of drug-likeness (QED) is 0.516. The maximum atomic E-state index is 13.3. The van der Waals surface area contributed by atoms with E-state index in [0.29, 0.717) is 6.42 Å². The van der Waals surface area contributed by atoms with Gasteiger partial charge in [0.1, 0.15) is 5.82 Å². The van der Waals surface area contributed by atoms with Gasteiger partial charge in [0.2, 0.25) is 0 Å². The summed E-state index contributed by atoms with van der Waals surface area (Å²) in [6.07, 6.45) is 8.76. The van der Waals surface area contributed by atoms with Crippen molar-refractivity contribution in [3.8, 4) is 0 Å². The first-order valence-electron chi connectivity index (χ1n) is 7.75. The molecule has 0 radical (unpaired) electrons. The van der Waals surface area contributed by atoms with E-state index >= 15 is 0 Å². The van der Waals surface area contributed by atoms with Crippen LogP contribution in [0.2, 0.25) is 0 Å². The van der Waals surface area contributed by atoms with E-state index in [1.807, 2.05) is 0 Å². The molecular weight excluding hydrogens is 289 g/mol. The number of halogens is 1. The lowest BCUT2D eigenvalue weighted by Gasteiger charge is -2.06. The SMILES string of the molecule is CCCCCCCCCCS(=O)(=O)c1ccc(N)c(F)c1. The molecule has 0 aliphatic carbocycles. The van der Waals surface area contributed by atoms with E-state index in [-0.39, 0.29) is 16.3 Å². The Morgan fingerprint density at radius 2 is 1.57 bits per heavy atom. The van der Waals surface area contributed by atoms with Crippen molar-refractivity contribution in [2.24, 2.45) is 0 Å². The summed E-state index contributed by atoms with van der Waals surface area (Å²) in [6.45, 7) is 2.19. The number of unbranched alkanes of at least 4 members (excludes halogenated alkanes) is 7. The lowest BCUT2D eigenvalue weighted by Crippen LogP contribution is -2.07. The van der Waals surface area contributed by atoms with Crippen LogP contribution in [0.4, 0.5) is 10.1 Å². The molecule has 0 heterocycles. The Bertz CT molecular complexity index is 529. The van der Waals surface area contributed by atoms with E-state index < -0.39 is 15.7 Å². The zero-order valence-corrected chi connectivity index (χ0v) is 13.6. The lowest BCUT2D eigenvalue weighted by molar-refractivity contribution is 0.571. The van der Waals surface area contributed by atoms with Crippen LogP contribution in [0, 0.1) is 5.82 Å². The van der Waals surface area contributed by atoms with Gasteiger partial charge in [-0.15, -0.1) is 0 Å². The normalized spacial score (nSPS) is 11.7. The molecule has 0 aliphatic rings. The standard InChI is InChI=1S/C16H26FNO2S/c1-2-3-4-5-6-7-8-9-12-21(19,20)14-10-11-16(18)15(17)13-14/h10-11,13H,2-9,12,18H2,1H3. The van der Waals surface area contributed by atoms with Gasteiger partial charge < -0.3 is 5.73 Å². The third-order valence-electron chi connectivity index (χ3n) is 3.60. The number of hydrogen-bond acceptors (Lipinski definition) is 3. The fourth-order valence-electron chi connectivity index (χ4n) is 2.25. The molecule has 0 saturated carbocycles. The van der Waals surface area contributed by atoms with Crippen molar-refractivity contribution in [1.29, 1.82) is 0 Å². The molecule has 2 N–H and O–H groups in total. The average molecular weight is 315 g/mol. The molecular formula is C16H26FNO2S. The number of nitrogen functional groups attached to an aromatic ring is 1. The molecule has 0 aromatic heterocycles. The summed E-state index contributed by atoms with van der Waals surface area (Å²) in [4.78, 5) is 0.0251. The molecule has 1 aromatic rings. The minimum atomic E-state index is -3.40. The molecule has 0 saturated heterocycles. The van der Waals surface area contributed by atoms with E-state index in [0.717, 1.165) is 25.3 Å². The second-order valence-electron chi connectivity index (χ2n) is 5.48. The first-order valence-corrected chi connectivity index (χ1v) is 9.40. The number of anilines is 1. The predicted molar refractivity (Wildman–Crippen MR) is 85.5 cm³/mol. The van der Waals surface area contributed by atoms with Gasteiger partial charge in [-0.3, -0.25) is 0 Å². The summed E-state index contributed by atoms with van der Waals surface area (Å²) in [7, 11) is -3.40. The first kappa shape index (κ1) is 18.0. The third kappa shape index (κ3) is 6.46. The Kier molecular flexibility index (Phi) is 7.72. The van der Waals surface area contributed by atoms with E-state index in [4.69, 9.17) is 5.73 Å². The van der Waals surface area contributed by atoms with Crippen LogP contribution in [0.1, 0.15) is 58.3 Å². The molecule has 1 aromatic carbocycles. The number of benzene rings is 1. The second kappa shape index (κ2) is 9.03. The molecule has 0 atom stereocenters. The highest BCUT2D eigenvalue weighted by molar-refractivity contribution is 7.91. The van der Waals surface area contributed by atoms with Crippen molar-refractivity contribution < 1.29 is 12.8 Å². The van der Waals surface area contributed by atoms with Gasteiger partial charge >= 0.3 is 0 Å². The Labute approximate surface area is 127 Å². The summed E-state index contributed by atoms with van der Waals surface area (Å²) in [5, 5.41) is 0. The highest BCUT2D eigenvalue weighted by atomic mass is 32.2. The molecule has 0 unspecified atom stereocenters. The third-order valence-corrected chi connectivity index (χ3v) is 5.40. The molecule has 1 rings (SSSR count). The Hall–Kier alpha value is -1.10. The van der Waals surface area contributed by atoms with Gasteiger partial charge in [0.05, 0.1) is 16.3 Å². The summed E-state index contributed by atoms with van der Waals surface area (Å²) >= 11 is 0. The molecule has 0 aliphatic heterocycles. The predicted octanol–water partition coefficient (Wildman–Crippen LogP) is 4.32. The molecule has 0 bridgehead atoms. The Morgan fingerprint density at radius 3 is 2.14 bits per heavy atom. The molecule has 5 heteroatoms. The summed E-state index contributed by atoms with van der Waals surface area (Å²) in [6, 6.07) is 3.68. The maximum Gasteiger partial charge on any atom is 0.178 e. The van der Waals surface area contributed by atoms with Gasteiger partial charge in [0.25, 0.3) is 0 Å². The van der Waals surface area contributed by atoms with Crippen LogP contribution < -0.4 is 5.73 Å². The number of nitrogens with two attached hydrogens (primary N) is 1. The van der Waals surface area contributed by atoms with Crippen molar-refractivity contribution >= 4 is 15.5 Å². The Morgan fingerprint density at radius 1 is 1.00 bits per heavy atom. The van der Waals surface area contributed by atoms with Gasteiger partial charge in [-0.05, 0) is 24.6 Å². The highest BCUT2D eigenvalue weighted by Gasteiger charge is 2.15. The van der Waals surface area contributed by atoms with Crippen LogP contribution in [0.25, 0.3) is 0 Å². The molecule has 0 fully saturated rings. The van der Waals surface area contributed by atoms with E-state index in [1.165, 1.54) is 37.8 Å². The lowest BCUT2D eigenvalue weighted by atomic mass is 10.1.